The summed E-state index contributed by atoms with van der Waals surface area (Å²) >= 11 is 11.9. The first-order valence-electron chi connectivity index (χ1n) is 7.52. The number of rotatable bonds is 5. The number of carbonyl (C=O) groups excluding carboxylic acids is 2. The van der Waals surface area contributed by atoms with Gasteiger partial charge in [0.15, 0.2) is 0 Å². The molecular weight excluding hydrogens is 325 g/mol. The quantitative estimate of drug-likeness (QED) is 0.740. The minimum Gasteiger partial charge on any atom is -0.343 e. The molecule has 2 aliphatic rings. The van der Waals surface area contributed by atoms with Gasteiger partial charge in [-0.1, -0.05) is 24.6 Å². The first kappa shape index (κ1) is 17.3. The SMILES string of the molecule is CCNC1CCN(C(=O)CNC(=O)C2=CCC(Cl)C(Cl)=C2)C1. The zero-order chi connectivity index (χ0) is 16.1. The van der Waals surface area contributed by atoms with Crippen LogP contribution in [-0.2, 0) is 9.59 Å². The molecule has 122 valence electrons. The largest absolute Gasteiger partial charge is 0.343 e. The lowest BCUT2D eigenvalue weighted by atomic mass is 10.1. The highest BCUT2D eigenvalue weighted by atomic mass is 35.5. The number of amides is 2. The number of hydrogen-bond donors (Lipinski definition) is 2. The predicted octanol–water partition coefficient (Wildman–Crippen LogP) is 1.37. The number of nitrogens with one attached hydrogen (secondary N) is 2. The standard InChI is InChI=1S/C15H21Cl2N3O2/c1-2-18-11-5-6-20(9-11)14(21)8-19-15(22)10-3-4-12(16)13(17)7-10/h3,7,11-12,18H,2,4-6,8-9H2,1H3,(H,19,22). The summed E-state index contributed by atoms with van der Waals surface area (Å²) in [6, 6.07) is 0.355. The van der Waals surface area contributed by atoms with E-state index < -0.39 is 0 Å². The first-order chi connectivity index (χ1) is 10.5. The summed E-state index contributed by atoms with van der Waals surface area (Å²) in [6.07, 6.45) is 4.76. The fourth-order valence-corrected chi connectivity index (χ4v) is 2.97. The third kappa shape index (κ3) is 4.48. The summed E-state index contributed by atoms with van der Waals surface area (Å²) in [5, 5.41) is 6.16. The minimum absolute atomic E-state index is 0.00474. The van der Waals surface area contributed by atoms with Gasteiger partial charge in [-0.15, -0.1) is 11.6 Å². The van der Waals surface area contributed by atoms with Crippen LogP contribution in [0.2, 0.25) is 0 Å². The zero-order valence-electron chi connectivity index (χ0n) is 12.6. The van der Waals surface area contributed by atoms with E-state index in [0.717, 1.165) is 19.5 Å². The second kappa shape index (κ2) is 7.99. The fraction of sp³-hybridized carbons (Fsp3) is 0.600. The fourth-order valence-electron chi connectivity index (χ4n) is 2.61. The Morgan fingerprint density at radius 1 is 1.45 bits per heavy atom. The van der Waals surface area contributed by atoms with Gasteiger partial charge >= 0.3 is 0 Å². The van der Waals surface area contributed by atoms with Crippen LogP contribution in [0.4, 0.5) is 0 Å². The number of allylic oxidation sites excluding steroid dienone is 2. The van der Waals surface area contributed by atoms with E-state index in [1.54, 1.807) is 17.1 Å². The number of hydrogen-bond acceptors (Lipinski definition) is 3. The van der Waals surface area contributed by atoms with Crippen molar-refractivity contribution in [2.75, 3.05) is 26.2 Å². The van der Waals surface area contributed by atoms with Crippen molar-refractivity contribution in [1.29, 1.82) is 0 Å². The molecule has 0 radical (unpaired) electrons. The molecule has 0 bridgehead atoms. The molecule has 2 rings (SSSR count). The average molecular weight is 346 g/mol. The van der Waals surface area contributed by atoms with Gasteiger partial charge in [0.05, 0.1) is 11.9 Å². The van der Waals surface area contributed by atoms with Crippen molar-refractivity contribution in [2.45, 2.75) is 31.2 Å². The molecule has 0 spiro atoms. The predicted molar refractivity (Wildman–Crippen MR) is 87.9 cm³/mol. The van der Waals surface area contributed by atoms with Gasteiger partial charge in [-0.3, -0.25) is 9.59 Å². The van der Waals surface area contributed by atoms with Gasteiger partial charge in [0.25, 0.3) is 5.91 Å². The lowest BCUT2D eigenvalue weighted by Gasteiger charge is -2.18. The minimum atomic E-state index is -0.294. The van der Waals surface area contributed by atoms with Crippen LogP contribution in [0.1, 0.15) is 19.8 Å². The molecule has 2 unspecified atom stereocenters. The van der Waals surface area contributed by atoms with Crippen LogP contribution in [-0.4, -0.2) is 54.3 Å². The number of carbonyl (C=O) groups is 2. The summed E-state index contributed by atoms with van der Waals surface area (Å²) in [6.45, 7) is 4.38. The van der Waals surface area contributed by atoms with E-state index in [1.165, 1.54) is 0 Å². The number of alkyl halides is 1. The third-order valence-corrected chi connectivity index (χ3v) is 4.73. The van der Waals surface area contributed by atoms with E-state index in [0.29, 0.717) is 29.6 Å². The molecule has 5 nitrogen and oxygen atoms in total. The highest BCUT2D eigenvalue weighted by Crippen LogP contribution is 2.25. The molecule has 0 aromatic carbocycles. The van der Waals surface area contributed by atoms with Crippen LogP contribution in [0.5, 0.6) is 0 Å². The molecule has 2 N–H and O–H groups in total. The normalized spacial score (nSPS) is 24.8. The Kier molecular flexibility index (Phi) is 6.29. The van der Waals surface area contributed by atoms with Gasteiger partial charge in [-0.2, -0.15) is 0 Å². The van der Waals surface area contributed by atoms with Gasteiger partial charge in [0.2, 0.25) is 5.91 Å². The van der Waals surface area contributed by atoms with Crippen LogP contribution in [0, 0.1) is 0 Å². The van der Waals surface area contributed by atoms with Crippen LogP contribution in [0.15, 0.2) is 22.8 Å². The maximum Gasteiger partial charge on any atom is 0.251 e. The van der Waals surface area contributed by atoms with Gasteiger partial charge in [-0.25, -0.2) is 0 Å². The van der Waals surface area contributed by atoms with E-state index in [2.05, 4.69) is 10.6 Å². The molecule has 1 aliphatic heterocycles. The Hall–Kier alpha value is -1.04. The van der Waals surface area contributed by atoms with Crippen LogP contribution in [0.25, 0.3) is 0 Å². The van der Waals surface area contributed by atoms with Crippen LogP contribution >= 0.6 is 23.2 Å². The third-order valence-electron chi connectivity index (χ3n) is 3.83. The molecule has 0 aromatic rings. The number of likely N-dealkylation sites (N-methyl/N-ethyl adjacent to an activating group) is 1. The Morgan fingerprint density at radius 2 is 2.23 bits per heavy atom. The monoisotopic (exact) mass is 345 g/mol. The van der Waals surface area contributed by atoms with Crippen molar-refractivity contribution < 1.29 is 9.59 Å². The molecule has 0 saturated carbocycles. The summed E-state index contributed by atoms with van der Waals surface area (Å²) < 4.78 is 0. The summed E-state index contributed by atoms with van der Waals surface area (Å²) in [4.78, 5) is 25.9. The maximum absolute atomic E-state index is 12.1. The molecule has 22 heavy (non-hydrogen) atoms. The number of likely N-dealkylation sites (tertiary alicyclic amines) is 1. The van der Waals surface area contributed by atoms with Crippen molar-refractivity contribution in [2.24, 2.45) is 0 Å². The molecule has 7 heteroatoms. The lowest BCUT2D eigenvalue weighted by molar-refractivity contribution is -0.131. The smallest absolute Gasteiger partial charge is 0.251 e. The van der Waals surface area contributed by atoms with Crippen molar-refractivity contribution >= 4 is 35.0 Å². The highest BCUT2D eigenvalue weighted by Gasteiger charge is 2.26. The number of halogens is 2. The van der Waals surface area contributed by atoms with Crippen molar-refractivity contribution in [3.63, 3.8) is 0 Å². The first-order valence-corrected chi connectivity index (χ1v) is 8.33. The second-order valence-corrected chi connectivity index (χ2v) is 6.42. The molecule has 1 fully saturated rings. The average Bonchev–Trinajstić information content (AvgIpc) is 2.96. The summed E-state index contributed by atoms with van der Waals surface area (Å²) in [5.41, 5.74) is 0.460. The van der Waals surface area contributed by atoms with Gasteiger partial charge in [-0.05, 0) is 25.5 Å². The lowest BCUT2D eigenvalue weighted by Crippen LogP contribution is -2.41. The topological polar surface area (TPSA) is 61.4 Å². The highest BCUT2D eigenvalue weighted by molar-refractivity contribution is 6.38. The Morgan fingerprint density at radius 3 is 2.91 bits per heavy atom. The molecule has 1 heterocycles. The van der Waals surface area contributed by atoms with E-state index in [4.69, 9.17) is 23.2 Å². The van der Waals surface area contributed by atoms with Crippen molar-refractivity contribution in [3.8, 4) is 0 Å². The summed E-state index contributed by atoms with van der Waals surface area (Å²) in [7, 11) is 0. The van der Waals surface area contributed by atoms with Gasteiger partial charge < -0.3 is 15.5 Å². The van der Waals surface area contributed by atoms with Crippen LogP contribution in [0.3, 0.4) is 0 Å². The Labute approximate surface area is 140 Å². The Bertz CT molecular complexity index is 505. The zero-order valence-corrected chi connectivity index (χ0v) is 14.1. The maximum atomic E-state index is 12.1. The van der Waals surface area contributed by atoms with Gasteiger partial charge in [0, 0.05) is 29.7 Å². The van der Waals surface area contributed by atoms with Crippen LogP contribution < -0.4 is 10.6 Å². The molecule has 0 aromatic heterocycles. The van der Waals surface area contributed by atoms with E-state index in [-0.39, 0.29) is 23.7 Å². The number of nitrogens with zero attached hydrogens (tertiary/aromatic N) is 1. The van der Waals surface area contributed by atoms with Crippen molar-refractivity contribution in [3.05, 3.63) is 22.8 Å². The molecule has 2 amide bonds. The molecule has 1 aliphatic carbocycles. The molecule has 2 atom stereocenters. The second-order valence-electron chi connectivity index (χ2n) is 5.46. The summed E-state index contributed by atoms with van der Waals surface area (Å²) in [5.74, 6) is -0.354. The van der Waals surface area contributed by atoms with E-state index in [9.17, 15) is 9.59 Å². The Balaban J connectivity index is 1.78. The van der Waals surface area contributed by atoms with Gasteiger partial charge in [0.1, 0.15) is 0 Å². The van der Waals surface area contributed by atoms with Crippen molar-refractivity contribution in [1.82, 2.24) is 15.5 Å². The van der Waals surface area contributed by atoms with E-state index in [1.807, 2.05) is 6.92 Å². The van der Waals surface area contributed by atoms with E-state index >= 15 is 0 Å². The molecule has 1 saturated heterocycles. The molecular formula is C15H21Cl2N3O2.